The standard InChI is InChI=1S/C16H23N3O3/c20-12-9-13(21)16(12)5-7-19(8-6-16)15(22)14-10-3-1-2-4-11(10)17-18-14/h12-13,20-21H,1-9H2,(H,17,18)/t12-,13+. The van der Waals surface area contributed by atoms with Gasteiger partial charge in [-0.15, -0.1) is 0 Å². The number of hydrogen-bond donors (Lipinski definition) is 3. The van der Waals surface area contributed by atoms with Gasteiger partial charge in [0.05, 0.1) is 12.2 Å². The van der Waals surface area contributed by atoms with E-state index >= 15 is 0 Å². The number of aliphatic hydroxyl groups excluding tert-OH is 2. The highest BCUT2D eigenvalue weighted by molar-refractivity contribution is 5.94. The fourth-order valence-corrected chi connectivity index (χ4v) is 4.34. The van der Waals surface area contributed by atoms with Crippen molar-refractivity contribution in [3.63, 3.8) is 0 Å². The van der Waals surface area contributed by atoms with Crippen LogP contribution in [0, 0.1) is 5.41 Å². The summed E-state index contributed by atoms with van der Waals surface area (Å²) in [6.45, 7) is 1.18. The topological polar surface area (TPSA) is 89.5 Å². The predicted octanol–water partition coefficient (Wildman–Crippen LogP) is 0.636. The van der Waals surface area contributed by atoms with Crippen molar-refractivity contribution < 1.29 is 15.0 Å². The molecule has 2 aliphatic carbocycles. The van der Waals surface area contributed by atoms with Gasteiger partial charge in [0.2, 0.25) is 0 Å². The average molecular weight is 305 g/mol. The summed E-state index contributed by atoms with van der Waals surface area (Å²) in [6, 6.07) is 0. The van der Waals surface area contributed by atoms with E-state index in [-0.39, 0.29) is 11.3 Å². The number of aromatic amines is 1. The highest BCUT2D eigenvalue weighted by Gasteiger charge is 2.55. The van der Waals surface area contributed by atoms with Gasteiger partial charge in [-0.3, -0.25) is 9.89 Å². The van der Waals surface area contributed by atoms with Crippen molar-refractivity contribution in [2.75, 3.05) is 13.1 Å². The molecule has 22 heavy (non-hydrogen) atoms. The molecule has 120 valence electrons. The molecular formula is C16H23N3O3. The zero-order chi connectivity index (χ0) is 15.3. The van der Waals surface area contributed by atoms with E-state index < -0.39 is 12.2 Å². The second kappa shape index (κ2) is 5.06. The zero-order valence-corrected chi connectivity index (χ0v) is 12.7. The molecule has 2 atom stereocenters. The van der Waals surface area contributed by atoms with Crippen molar-refractivity contribution in [3.05, 3.63) is 17.0 Å². The third-order valence-corrected chi connectivity index (χ3v) is 6.01. The Balaban J connectivity index is 1.48. The fourth-order valence-electron chi connectivity index (χ4n) is 4.34. The number of piperidine rings is 1. The summed E-state index contributed by atoms with van der Waals surface area (Å²) < 4.78 is 0. The maximum atomic E-state index is 12.7. The number of aryl methyl sites for hydroxylation is 1. The van der Waals surface area contributed by atoms with Crippen LogP contribution in [-0.2, 0) is 12.8 Å². The van der Waals surface area contributed by atoms with Crippen LogP contribution in [0.4, 0.5) is 0 Å². The van der Waals surface area contributed by atoms with Gasteiger partial charge >= 0.3 is 0 Å². The lowest BCUT2D eigenvalue weighted by Gasteiger charge is -2.54. The number of carbonyl (C=O) groups excluding carboxylic acids is 1. The van der Waals surface area contributed by atoms with Crippen molar-refractivity contribution in [2.45, 2.75) is 57.2 Å². The first kappa shape index (κ1) is 14.2. The van der Waals surface area contributed by atoms with Gasteiger partial charge in [0.15, 0.2) is 5.69 Å². The Labute approximate surface area is 129 Å². The molecule has 1 spiro atoms. The number of fused-ring (bicyclic) bond motifs is 1. The Hall–Kier alpha value is -1.40. The predicted molar refractivity (Wildman–Crippen MR) is 79.4 cm³/mol. The van der Waals surface area contributed by atoms with Gasteiger partial charge in [-0.2, -0.15) is 5.10 Å². The molecule has 2 fully saturated rings. The number of rotatable bonds is 1. The lowest BCUT2D eigenvalue weighted by molar-refractivity contribution is -0.187. The van der Waals surface area contributed by atoms with Gasteiger partial charge in [0.25, 0.3) is 5.91 Å². The van der Waals surface area contributed by atoms with Gasteiger partial charge < -0.3 is 15.1 Å². The van der Waals surface area contributed by atoms with Crippen LogP contribution in [-0.4, -0.2) is 56.5 Å². The lowest BCUT2D eigenvalue weighted by atomic mass is 9.58. The first-order chi connectivity index (χ1) is 10.6. The molecule has 1 amide bonds. The smallest absolute Gasteiger partial charge is 0.274 e. The second-order valence-corrected chi connectivity index (χ2v) is 7.03. The minimum atomic E-state index is -0.419. The highest BCUT2D eigenvalue weighted by Crippen LogP contribution is 2.49. The van der Waals surface area contributed by atoms with Crippen molar-refractivity contribution in [3.8, 4) is 0 Å². The molecule has 4 rings (SSSR count). The van der Waals surface area contributed by atoms with Crippen LogP contribution in [0.3, 0.4) is 0 Å². The summed E-state index contributed by atoms with van der Waals surface area (Å²) in [4.78, 5) is 14.6. The number of hydrogen-bond acceptors (Lipinski definition) is 4. The summed E-state index contributed by atoms with van der Waals surface area (Å²) in [6.07, 6.45) is 5.18. The third kappa shape index (κ3) is 1.93. The fraction of sp³-hybridized carbons (Fsp3) is 0.750. The van der Waals surface area contributed by atoms with Crippen molar-refractivity contribution >= 4 is 5.91 Å². The molecule has 1 aromatic heterocycles. The Bertz CT molecular complexity index is 579. The Morgan fingerprint density at radius 3 is 2.55 bits per heavy atom. The largest absolute Gasteiger partial charge is 0.392 e. The van der Waals surface area contributed by atoms with E-state index in [2.05, 4.69) is 10.2 Å². The van der Waals surface area contributed by atoms with E-state index in [1.807, 2.05) is 4.90 Å². The molecule has 3 N–H and O–H groups in total. The number of aliphatic hydroxyl groups is 2. The average Bonchev–Trinajstić information content (AvgIpc) is 2.98. The molecule has 0 aromatic carbocycles. The monoisotopic (exact) mass is 305 g/mol. The van der Waals surface area contributed by atoms with Crippen molar-refractivity contribution in [1.82, 2.24) is 15.1 Å². The van der Waals surface area contributed by atoms with Crippen LogP contribution >= 0.6 is 0 Å². The number of H-pyrrole nitrogens is 1. The van der Waals surface area contributed by atoms with E-state index in [1.54, 1.807) is 0 Å². The molecular weight excluding hydrogens is 282 g/mol. The SMILES string of the molecule is O=C(c1n[nH]c2c1CCCC2)N1CCC2(CC1)[C@H](O)C[C@@H]2O. The van der Waals surface area contributed by atoms with E-state index in [0.717, 1.165) is 36.9 Å². The van der Waals surface area contributed by atoms with Crippen LogP contribution in [0.15, 0.2) is 0 Å². The maximum Gasteiger partial charge on any atom is 0.274 e. The van der Waals surface area contributed by atoms with Gasteiger partial charge in [-0.1, -0.05) is 0 Å². The number of amides is 1. The van der Waals surface area contributed by atoms with Gasteiger partial charge in [0.1, 0.15) is 0 Å². The molecule has 0 unspecified atom stereocenters. The van der Waals surface area contributed by atoms with Crippen LogP contribution in [0.1, 0.15) is 53.8 Å². The summed E-state index contributed by atoms with van der Waals surface area (Å²) in [5.74, 6) is -0.00227. The van der Waals surface area contributed by atoms with E-state index in [4.69, 9.17) is 0 Å². The number of nitrogens with zero attached hydrogens (tertiary/aromatic N) is 2. The van der Waals surface area contributed by atoms with Gasteiger partial charge in [0, 0.05) is 36.2 Å². The first-order valence-electron chi connectivity index (χ1n) is 8.33. The Morgan fingerprint density at radius 1 is 1.18 bits per heavy atom. The number of aromatic nitrogens is 2. The quantitative estimate of drug-likeness (QED) is 0.710. The van der Waals surface area contributed by atoms with Crippen LogP contribution in [0.2, 0.25) is 0 Å². The molecule has 1 saturated heterocycles. The third-order valence-electron chi connectivity index (χ3n) is 6.01. The molecule has 2 heterocycles. The van der Waals surface area contributed by atoms with E-state index in [0.29, 0.717) is 38.0 Å². The normalized spacial score (nSPS) is 30.0. The lowest BCUT2D eigenvalue weighted by Crippen LogP contribution is -2.61. The second-order valence-electron chi connectivity index (χ2n) is 7.03. The minimum absolute atomic E-state index is 0.00227. The van der Waals surface area contributed by atoms with E-state index in [9.17, 15) is 15.0 Å². The molecule has 0 bridgehead atoms. The molecule has 1 saturated carbocycles. The van der Waals surface area contributed by atoms with Crippen molar-refractivity contribution in [2.24, 2.45) is 5.41 Å². The maximum absolute atomic E-state index is 12.7. The Morgan fingerprint density at radius 2 is 1.86 bits per heavy atom. The first-order valence-corrected chi connectivity index (χ1v) is 8.33. The number of likely N-dealkylation sites (tertiary alicyclic amines) is 1. The molecule has 3 aliphatic rings. The molecule has 1 aliphatic heterocycles. The Kier molecular flexibility index (Phi) is 3.27. The molecule has 0 radical (unpaired) electrons. The minimum Gasteiger partial charge on any atom is -0.392 e. The van der Waals surface area contributed by atoms with Gasteiger partial charge in [-0.25, -0.2) is 0 Å². The number of carbonyl (C=O) groups is 1. The van der Waals surface area contributed by atoms with Crippen LogP contribution in [0.25, 0.3) is 0 Å². The molecule has 6 heteroatoms. The molecule has 1 aromatic rings. The summed E-state index contributed by atoms with van der Waals surface area (Å²) in [5.41, 5.74) is 2.43. The van der Waals surface area contributed by atoms with Crippen molar-refractivity contribution in [1.29, 1.82) is 0 Å². The van der Waals surface area contributed by atoms with Gasteiger partial charge in [-0.05, 0) is 38.5 Å². The van der Waals surface area contributed by atoms with Crippen LogP contribution < -0.4 is 0 Å². The summed E-state index contributed by atoms with van der Waals surface area (Å²) >= 11 is 0. The van der Waals surface area contributed by atoms with Crippen LogP contribution in [0.5, 0.6) is 0 Å². The highest BCUT2D eigenvalue weighted by atomic mass is 16.3. The van der Waals surface area contributed by atoms with E-state index in [1.165, 1.54) is 0 Å². The summed E-state index contributed by atoms with van der Waals surface area (Å²) in [5, 5.41) is 27.2. The number of nitrogens with one attached hydrogen (secondary N) is 1. The summed E-state index contributed by atoms with van der Waals surface area (Å²) in [7, 11) is 0. The zero-order valence-electron chi connectivity index (χ0n) is 12.7. The molecule has 6 nitrogen and oxygen atoms in total.